The summed E-state index contributed by atoms with van der Waals surface area (Å²) in [6, 6.07) is 5.15. The summed E-state index contributed by atoms with van der Waals surface area (Å²) in [5.74, 6) is -1.88. The summed E-state index contributed by atoms with van der Waals surface area (Å²) in [4.78, 5) is 34.9. The summed E-state index contributed by atoms with van der Waals surface area (Å²) in [7, 11) is 0. The Morgan fingerprint density at radius 2 is 1.95 bits per heavy atom. The zero-order chi connectivity index (χ0) is 15.4. The van der Waals surface area contributed by atoms with Crippen LogP contribution >= 0.6 is 11.6 Å². The number of rotatable bonds is 4. The van der Waals surface area contributed by atoms with Crippen molar-refractivity contribution in [2.24, 2.45) is 5.92 Å². The van der Waals surface area contributed by atoms with Gasteiger partial charge in [0.1, 0.15) is 11.8 Å². The van der Waals surface area contributed by atoms with Gasteiger partial charge in [0, 0.05) is 23.4 Å². The first kappa shape index (κ1) is 15.5. The molecule has 6 heteroatoms. The van der Waals surface area contributed by atoms with Crippen LogP contribution in [0.1, 0.15) is 36.0 Å². The van der Waals surface area contributed by atoms with Gasteiger partial charge in [-0.25, -0.2) is 4.79 Å². The number of halogens is 1. The quantitative estimate of drug-likeness (QED) is 0.893. The van der Waals surface area contributed by atoms with Crippen molar-refractivity contribution in [2.75, 3.05) is 0 Å². The van der Waals surface area contributed by atoms with Crippen LogP contribution in [0.15, 0.2) is 24.3 Å². The van der Waals surface area contributed by atoms with Crippen LogP contribution < -0.4 is 5.32 Å². The molecular formula is C15H16ClNO4. The number of carboxylic acids is 1. The fraction of sp³-hybridized carbons (Fsp3) is 0.400. The van der Waals surface area contributed by atoms with Crippen LogP contribution in [0.2, 0.25) is 5.02 Å². The number of Topliss-reactive ketones (excluding diaryl/α,β-unsaturated/α-hetero) is 1. The molecule has 0 radical (unpaired) electrons. The van der Waals surface area contributed by atoms with Crippen molar-refractivity contribution in [3.05, 3.63) is 34.9 Å². The Hall–Kier alpha value is -1.88. The van der Waals surface area contributed by atoms with Crippen molar-refractivity contribution in [1.82, 2.24) is 5.32 Å². The molecule has 1 amide bonds. The van der Waals surface area contributed by atoms with Gasteiger partial charge in [-0.2, -0.15) is 0 Å². The van der Waals surface area contributed by atoms with Crippen LogP contribution in [0.25, 0.3) is 0 Å². The maximum absolute atomic E-state index is 12.1. The summed E-state index contributed by atoms with van der Waals surface area (Å²) in [5.41, 5.74) is 0.341. The van der Waals surface area contributed by atoms with Crippen LogP contribution in [0.4, 0.5) is 0 Å². The van der Waals surface area contributed by atoms with Gasteiger partial charge >= 0.3 is 5.97 Å². The first-order chi connectivity index (χ1) is 9.97. The van der Waals surface area contributed by atoms with Gasteiger partial charge in [0.2, 0.25) is 0 Å². The van der Waals surface area contributed by atoms with E-state index in [1.165, 1.54) is 12.1 Å². The third-order valence-corrected chi connectivity index (χ3v) is 3.90. The van der Waals surface area contributed by atoms with E-state index in [0.29, 0.717) is 29.8 Å². The number of benzene rings is 1. The molecule has 0 heterocycles. The number of aliphatic carboxylic acids is 1. The van der Waals surface area contributed by atoms with Crippen LogP contribution in [0, 0.1) is 5.92 Å². The lowest BCUT2D eigenvalue weighted by molar-refractivity contribution is -0.141. The Bertz CT molecular complexity index is 555. The lowest BCUT2D eigenvalue weighted by Gasteiger charge is -2.27. The molecule has 2 N–H and O–H groups in total. The minimum Gasteiger partial charge on any atom is -0.480 e. The lowest BCUT2D eigenvalue weighted by atomic mass is 9.83. The third kappa shape index (κ3) is 4.04. The maximum Gasteiger partial charge on any atom is 0.326 e. The van der Waals surface area contributed by atoms with E-state index in [1.54, 1.807) is 12.1 Å². The van der Waals surface area contributed by atoms with Gasteiger partial charge in [0.05, 0.1) is 0 Å². The van der Waals surface area contributed by atoms with Gasteiger partial charge in [0.15, 0.2) is 0 Å². The molecule has 0 spiro atoms. The zero-order valence-electron chi connectivity index (χ0n) is 11.3. The summed E-state index contributed by atoms with van der Waals surface area (Å²) < 4.78 is 0. The second-order valence-electron chi connectivity index (χ2n) is 5.19. The number of ketones is 1. The fourth-order valence-corrected chi connectivity index (χ4v) is 2.68. The van der Waals surface area contributed by atoms with E-state index < -0.39 is 17.9 Å². The highest BCUT2D eigenvalue weighted by Gasteiger charge is 2.33. The zero-order valence-corrected chi connectivity index (χ0v) is 12.1. The van der Waals surface area contributed by atoms with E-state index in [4.69, 9.17) is 11.6 Å². The Balaban J connectivity index is 2.08. The van der Waals surface area contributed by atoms with E-state index in [9.17, 15) is 19.5 Å². The summed E-state index contributed by atoms with van der Waals surface area (Å²) in [6.07, 6.45) is 2.00. The van der Waals surface area contributed by atoms with Crippen LogP contribution in [-0.2, 0) is 9.59 Å². The number of hydrogen-bond acceptors (Lipinski definition) is 3. The van der Waals surface area contributed by atoms with Gasteiger partial charge in [-0.05, 0) is 43.0 Å². The molecule has 2 atom stereocenters. The van der Waals surface area contributed by atoms with Crippen molar-refractivity contribution in [3.63, 3.8) is 0 Å². The highest BCUT2D eigenvalue weighted by Crippen LogP contribution is 2.25. The number of carbonyl (C=O) groups excluding carboxylic acids is 2. The van der Waals surface area contributed by atoms with Crippen molar-refractivity contribution < 1.29 is 19.5 Å². The molecule has 1 aliphatic carbocycles. The van der Waals surface area contributed by atoms with E-state index >= 15 is 0 Å². The maximum atomic E-state index is 12.1. The molecule has 1 aromatic rings. The van der Waals surface area contributed by atoms with Gasteiger partial charge in [-0.3, -0.25) is 9.59 Å². The number of nitrogens with one attached hydrogen (secondary N) is 1. The standard InChI is InChI=1S/C15H16ClNO4/c16-11-6-4-9(5-7-11)14(19)17-13(15(20)21)10-2-1-3-12(18)8-10/h4-7,10,13H,1-3,8H2,(H,17,19)(H,20,21)/t10-,13-/m0/s1. The largest absolute Gasteiger partial charge is 0.480 e. The Kier molecular flexibility index (Phi) is 4.96. The molecule has 2 rings (SSSR count). The predicted octanol–water partition coefficient (Wildman–Crippen LogP) is 2.28. The molecule has 0 saturated heterocycles. The highest BCUT2D eigenvalue weighted by atomic mass is 35.5. The molecule has 21 heavy (non-hydrogen) atoms. The number of hydrogen-bond donors (Lipinski definition) is 2. The average molecular weight is 310 g/mol. The van der Waals surface area contributed by atoms with Gasteiger partial charge in [0.25, 0.3) is 5.91 Å². The molecular weight excluding hydrogens is 294 g/mol. The van der Waals surface area contributed by atoms with E-state index in [0.717, 1.165) is 0 Å². The van der Waals surface area contributed by atoms with E-state index in [1.807, 2.05) is 0 Å². The molecule has 1 saturated carbocycles. The highest BCUT2D eigenvalue weighted by molar-refractivity contribution is 6.30. The monoisotopic (exact) mass is 309 g/mol. The third-order valence-electron chi connectivity index (χ3n) is 3.65. The van der Waals surface area contributed by atoms with Crippen LogP contribution in [-0.4, -0.2) is 28.8 Å². The second-order valence-corrected chi connectivity index (χ2v) is 5.63. The molecule has 1 fully saturated rings. The minimum atomic E-state index is -1.11. The second kappa shape index (κ2) is 6.72. The molecule has 5 nitrogen and oxygen atoms in total. The van der Waals surface area contributed by atoms with Crippen LogP contribution in [0.5, 0.6) is 0 Å². The van der Waals surface area contributed by atoms with Gasteiger partial charge in [-0.15, -0.1) is 0 Å². The Labute approximate surface area is 127 Å². The topological polar surface area (TPSA) is 83.5 Å². The summed E-state index contributed by atoms with van der Waals surface area (Å²) in [5, 5.41) is 12.3. The molecule has 0 bridgehead atoms. The lowest BCUT2D eigenvalue weighted by Crippen LogP contribution is -2.47. The smallest absolute Gasteiger partial charge is 0.326 e. The Morgan fingerprint density at radius 1 is 1.29 bits per heavy atom. The van der Waals surface area contributed by atoms with Crippen molar-refractivity contribution in [1.29, 1.82) is 0 Å². The minimum absolute atomic E-state index is 0.0539. The van der Waals surface area contributed by atoms with E-state index in [2.05, 4.69) is 5.32 Å². The average Bonchev–Trinajstić information content (AvgIpc) is 2.45. The summed E-state index contributed by atoms with van der Waals surface area (Å²) in [6.45, 7) is 0. The molecule has 112 valence electrons. The van der Waals surface area contributed by atoms with Gasteiger partial charge < -0.3 is 10.4 Å². The van der Waals surface area contributed by atoms with Crippen molar-refractivity contribution >= 4 is 29.3 Å². The normalized spacial score (nSPS) is 19.9. The fourth-order valence-electron chi connectivity index (χ4n) is 2.55. The first-order valence-corrected chi connectivity index (χ1v) is 7.16. The molecule has 0 unspecified atom stereocenters. The number of amides is 1. The van der Waals surface area contributed by atoms with Gasteiger partial charge in [-0.1, -0.05) is 11.6 Å². The van der Waals surface area contributed by atoms with Crippen molar-refractivity contribution in [2.45, 2.75) is 31.7 Å². The molecule has 1 aliphatic rings. The SMILES string of the molecule is O=C1CCC[C@H]([C@H](NC(=O)c2ccc(Cl)cc2)C(=O)O)C1. The Morgan fingerprint density at radius 3 is 2.52 bits per heavy atom. The number of carbonyl (C=O) groups is 3. The number of carboxylic acid groups (broad SMARTS) is 1. The molecule has 0 aromatic heterocycles. The van der Waals surface area contributed by atoms with Crippen LogP contribution in [0.3, 0.4) is 0 Å². The van der Waals surface area contributed by atoms with Crippen molar-refractivity contribution in [3.8, 4) is 0 Å². The predicted molar refractivity (Wildman–Crippen MR) is 77.3 cm³/mol. The van der Waals surface area contributed by atoms with E-state index in [-0.39, 0.29) is 18.1 Å². The first-order valence-electron chi connectivity index (χ1n) is 6.78. The molecule has 1 aromatic carbocycles. The summed E-state index contributed by atoms with van der Waals surface area (Å²) >= 11 is 5.75. The molecule has 0 aliphatic heterocycles.